The van der Waals surface area contributed by atoms with Crippen LogP contribution >= 0.6 is 15.9 Å². The molecule has 0 bridgehead atoms. The van der Waals surface area contributed by atoms with Gasteiger partial charge in [-0.2, -0.15) is 0 Å². The highest BCUT2D eigenvalue weighted by atomic mass is 79.9. The lowest BCUT2D eigenvalue weighted by Gasteiger charge is -2.11. The van der Waals surface area contributed by atoms with Crippen molar-refractivity contribution in [3.05, 3.63) is 28.2 Å². The Morgan fingerprint density at radius 2 is 2.22 bits per heavy atom. The van der Waals surface area contributed by atoms with E-state index in [1.54, 1.807) is 18.2 Å². The standard InChI is InChI=1S/C11H13BrN2O4/c1-18-11(17)9(15)5-14-10(16)7-4-6(12)2-3-8(7)13/h2-4,9,15H,5,13H2,1H3,(H,14,16). The van der Waals surface area contributed by atoms with E-state index in [0.717, 1.165) is 7.11 Å². The zero-order chi connectivity index (χ0) is 13.7. The van der Waals surface area contributed by atoms with Gasteiger partial charge in [0, 0.05) is 10.2 Å². The van der Waals surface area contributed by atoms with Crippen LogP contribution in [-0.2, 0) is 9.53 Å². The molecule has 1 atom stereocenters. The molecule has 1 aromatic rings. The lowest BCUT2D eigenvalue weighted by molar-refractivity contribution is -0.149. The molecule has 0 aliphatic carbocycles. The molecular formula is C11H13BrN2O4. The SMILES string of the molecule is COC(=O)C(O)CNC(=O)c1cc(Br)ccc1N. The molecule has 1 rings (SSSR count). The molecule has 0 fully saturated rings. The minimum atomic E-state index is -1.40. The van der Waals surface area contributed by atoms with Crippen LogP contribution in [0.3, 0.4) is 0 Å². The zero-order valence-electron chi connectivity index (χ0n) is 9.64. The summed E-state index contributed by atoms with van der Waals surface area (Å²) in [5.74, 6) is -1.28. The minimum Gasteiger partial charge on any atom is -0.467 e. The Balaban J connectivity index is 2.66. The molecule has 1 unspecified atom stereocenters. The Kier molecular flexibility index (Phi) is 5.11. The van der Waals surface area contributed by atoms with E-state index in [1.807, 2.05) is 0 Å². The largest absolute Gasteiger partial charge is 0.467 e. The first-order valence-electron chi connectivity index (χ1n) is 5.04. The third-order valence-corrected chi connectivity index (χ3v) is 2.68. The van der Waals surface area contributed by atoms with Gasteiger partial charge in [0.15, 0.2) is 6.10 Å². The molecule has 18 heavy (non-hydrogen) atoms. The molecule has 1 aromatic carbocycles. The maximum absolute atomic E-state index is 11.8. The first-order chi connectivity index (χ1) is 8.45. The van der Waals surface area contributed by atoms with Crippen molar-refractivity contribution in [3.63, 3.8) is 0 Å². The number of aliphatic hydroxyl groups is 1. The number of carbonyl (C=O) groups is 2. The number of hydrogen-bond donors (Lipinski definition) is 3. The van der Waals surface area contributed by atoms with Crippen molar-refractivity contribution < 1.29 is 19.4 Å². The summed E-state index contributed by atoms with van der Waals surface area (Å²) in [5, 5.41) is 11.7. The number of nitrogen functional groups attached to an aromatic ring is 1. The van der Waals surface area contributed by atoms with Gasteiger partial charge in [0.1, 0.15) is 0 Å². The number of benzene rings is 1. The topological polar surface area (TPSA) is 102 Å². The number of esters is 1. The van der Waals surface area contributed by atoms with Gasteiger partial charge >= 0.3 is 5.97 Å². The molecular weight excluding hydrogens is 304 g/mol. The Morgan fingerprint density at radius 1 is 1.56 bits per heavy atom. The van der Waals surface area contributed by atoms with Gasteiger partial charge in [-0.25, -0.2) is 4.79 Å². The fourth-order valence-corrected chi connectivity index (χ4v) is 1.59. The Bertz CT molecular complexity index is 464. The van der Waals surface area contributed by atoms with Crippen molar-refractivity contribution in [1.29, 1.82) is 0 Å². The summed E-state index contributed by atoms with van der Waals surface area (Å²) in [5.41, 5.74) is 6.22. The van der Waals surface area contributed by atoms with Gasteiger partial charge in [-0.05, 0) is 18.2 Å². The first kappa shape index (κ1) is 14.5. The second-order valence-electron chi connectivity index (χ2n) is 3.48. The van der Waals surface area contributed by atoms with Gasteiger partial charge in [0.2, 0.25) is 0 Å². The van der Waals surface area contributed by atoms with Crippen LogP contribution in [0.15, 0.2) is 22.7 Å². The van der Waals surface area contributed by atoms with Gasteiger partial charge < -0.3 is 20.9 Å². The highest BCUT2D eigenvalue weighted by Crippen LogP contribution is 2.18. The fraction of sp³-hybridized carbons (Fsp3) is 0.273. The third kappa shape index (κ3) is 3.71. The van der Waals surface area contributed by atoms with Gasteiger partial charge in [0.25, 0.3) is 5.91 Å². The number of ether oxygens (including phenoxy) is 1. The monoisotopic (exact) mass is 316 g/mol. The molecule has 4 N–H and O–H groups in total. The van der Waals surface area contributed by atoms with Crippen molar-refractivity contribution in [2.24, 2.45) is 0 Å². The van der Waals surface area contributed by atoms with E-state index in [9.17, 15) is 14.7 Å². The van der Waals surface area contributed by atoms with Gasteiger partial charge in [-0.3, -0.25) is 4.79 Å². The van der Waals surface area contributed by atoms with E-state index >= 15 is 0 Å². The molecule has 0 radical (unpaired) electrons. The third-order valence-electron chi connectivity index (χ3n) is 2.19. The number of anilines is 1. The summed E-state index contributed by atoms with van der Waals surface area (Å²) in [7, 11) is 1.15. The predicted octanol–water partition coefficient (Wildman–Crippen LogP) is 0.295. The van der Waals surface area contributed by atoms with Crippen LogP contribution in [-0.4, -0.2) is 36.7 Å². The van der Waals surface area contributed by atoms with Gasteiger partial charge in [-0.1, -0.05) is 15.9 Å². The van der Waals surface area contributed by atoms with E-state index < -0.39 is 18.0 Å². The van der Waals surface area contributed by atoms with Crippen molar-refractivity contribution in [1.82, 2.24) is 5.32 Å². The number of halogens is 1. The smallest absolute Gasteiger partial charge is 0.336 e. The Hall–Kier alpha value is -1.60. The van der Waals surface area contributed by atoms with Crippen molar-refractivity contribution >= 4 is 33.5 Å². The number of aliphatic hydroxyl groups excluding tert-OH is 1. The van der Waals surface area contributed by atoms with E-state index in [-0.39, 0.29) is 12.1 Å². The number of nitrogens with one attached hydrogen (secondary N) is 1. The van der Waals surface area contributed by atoms with Crippen molar-refractivity contribution in [2.75, 3.05) is 19.4 Å². The number of rotatable bonds is 4. The lowest BCUT2D eigenvalue weighted by atomic mass is 10.1. The predicted molar refractivity (Wildman–Crippen MR) is 68.9 cm³/mol. The van der Waals surface area contributed by atoms with E-state index in [4.69, 9.17) is 5.73 Å². The van der Waals surface area contributed by atoms with Crippen LogP contribution in [0.1, 0.15) is 10.4 Å². The number of nitrogens with two attached hydrogens (primary N) is 1. The van der Waals surface area contributed by atoms with E-state index in [1.165, 1.54) is 0 Å². The average Bonchev–Trinajstić information content (AvgIpc) is 2.37. The molecule has 1 amide bonds. The van der Waals surface area contributed by atoms with Crippen LogP contribution in [0.2, 0.25) is 0 Å². The summed E-state index contributed by atoms with van der Waals surface area (Å²) < 4.78 is 5.02. The maximum Gasteiger partial charge on any atom is 0.336 e. The molecule has 98 valence electrons. The molecule has 7 heteroatoms. The molecule has 0 saturated heterocycles. The van der Waals surface area contributed by atoms with Crippen molar-refractivity contribution in [3.8, 4) is 0 Å². The minimum absolute atomic E-state index is 0.239. The molecule has 0 aliphatic heterocycles. The van der Waals surface area contributed by atoms with E-state index in [0.29, 0.717) is 10.2 Å². The molecule has 0 aliphatic rings. The molecule has 0 aromatic heterocycles. The summed E-state index contributed by atoms with van der Waals surface area (Å²) in [6.07, 6.45) is -1.40. The van der Waals surface area contributed by atoms with Gasteiger partial charge in [0.05, 0.1) is 19.2 Å². The summed E-state index contributed by atoms with van der Waals surface area (Å²) in [4.78, 5) is 22.7. The number of carbonyl (C=O) groups excluding carboxylic acids is 2. The average molecular weight is 317 g/mol. The quantitative estimate of drug-likeness (QED) is 0.547. The summed E-state index contributed by atoms with van der Waals surface area (Å²) >= 11 is 3.22. The van der Waals surface area contributed by atoms with Crippen molar-refractivity contribution in [2.45, 2.75) is 6.10 Å². The van der Waals surface area contributed by atoms with Crippen LogP contribution in [0, 0.1) is 0 Å². The first-order valence-corrected chi connectivity index (χ1v) is 5.84. The highest BCUT2D eigenvalue weighted by molar-refractivity contribution is 9.10. The fourth-order valence-electron chi connectivity index (χ4n) is 1.23. The Morgan fingerprint density at radius 3 is 2.83 bits per heavy atom. The highest BCUT2D eigenvalue weighted by Gasteiger charge is 2.17. The zero-order valence-corrected chi connectivity index (χ0v) is 11.2. The summed E-state index contributed by atoms with van der Waals surface area (Å²) in [6.45, 7) is -0.239. The van der Waals surface area contributed by atoms with Gasteiger partial charge in [-0.15, -0.1) is 0 Å². The van der Waals surface area contributed by atoms with E-state index in [2.05, 4.69) is 26.0 Å². The van der Waals surface area contributed by atoms with Crippen LogP contribution in [0.5, 0.6) is 0 Å². The normalized spacial score (nSPS) is 11.7. The lowest BCUT2D eigenvalue weighted by Crippen LogP contribution is -2.37. The second-order valence-corrected chi connectivity index (χ2v) is 4.40. The second kappa shape index (κ2) is 6.36. The maximum atomic E-state index is 11.8. The molecule has 0 saturated carbocycles. The number of hydrogen-bond acceptors (Lipinski definition) is 5. The van der Waals surface area contributed by atoms with Crippen LogP contribution in [0.4, 0.5) is 5.69 Å². The molecule has 0 spiro atoms. The van der Waals surface area contributed by atoms with Crippen LogP contribution in [0.25, 0.3) is 0 Å². The number of amides is 1. The molecule has 6 nitrogen and oxygen atoms in total. The number of methoxy groups -OCH3 is 1. The Labute approximate surface area is 112 Å². The molecule has 0 heterocycles. The summed E-state index contributed by atoms with van der Waals surface area (Å²) in [6, 6.07) is 4.83. The van der Waals surface area contributed by atoms with Crippen LogP contribution < -0.4 is 11.1 Å².